The Balaban J connectivity index is 1.82. The highest BCUT2D eigenvalue weighted by Gasteiger charge is 2.43. The third-order valence-corrected chi connectivity index (χ3v) is 4.72. The molecule has 2 bridgehead atoms. The minimum Gasteiger partial charge on any atom is -0.494 e. The van der Waals surface area contributed by atoms with Crippen LogP contribution < -0.4 is 4.74 Å². The number of methoxy groups -OCH3 is 1. The fraction of sp³-hybridized carbons (Fsp3) is 0.600. The SMILES string of the molecule is COc1cc(C(O)C2CC3CCC2C3)ccc1F. The Morgan fingerprint density at radius 3 is 2.78 bits per heavy atom. The summed E-state index contributed by atoms with van der Waals surface area (Å²) in [6.07, 6.45) is 4.46. The van der Waals surface area contributed by atoms with Crippen LogP contribution in [0, 0.1) is 23.6 Å². The first-order chi connectivity index (χ1) is 8.69. The van der Waals surface area contributed by atoms with Crippen molar-refractivity contribution < 1.29 is 14.2 Å². The topological polar surface area (TPSA) is 29.5 Å². The number of hydrogen-bond acceptors (Lipinski definition) is 2. The highest BCUT2D eigenvalue weighted by molar-refractivity contribution is 5.32. The summed E-state index contributed by atoms with van der Waals surface area (Å²) >= 11 is 0. The molecule has 4 unspecified atom stereocenters. The number of halogens is 1. The van der Waals surface area contributed by atoms with Crippen LogP contribution in [0.2, 0.25) is 0 Å². The fourth-order valence-electron chi connectivity index (χ4n) is 3.79. The van der Waals surface area contributed by atoms with Crippen LogP contribution in [0.15, 0.2) is 18.2 Å². The standard InChI is InChI=1S/C15H19FO2/c1-18-14-8-11(4-5-13(14)16)15(17)12-7-9-2-3-10(12)6-9/h4-5,8-10,12,15,17H,2-3,6-7H2,1H3. The number of benzene rings is 1. The van der Waals surface area contributed by atoms with Crippen molar-refractivity contribution in [2.75, 3.05) is 7.11 Å². The van der Waals surface area contributed by atoms with Gasteiger partial charge in [0.05, 0.1) is 13.2 Å². The Morgan fingerprint density at radius 2 is 2.17 bits per heavy atom. The number of hydrogen-bond donors (Lipinski definition) is 1. The maximum atomic E-state index is 13.4. The number of fused-ring (bicyclic) bond motifs is 2. The van der Waals surface area contributed by atoms with Crippen molar-refractivity contribution in [1.82, 2.24) is 0 Å². The van der Waals surface area contributed by atoms with Gasteiger partial charge < -0.3 is 9.84 Å². The normalized spacial score (nSPS) is 31.6. The van der Waals surface area contributed by atoms with E-state index in [1.54, 1.807) is 12.1 Å². The molecule has 0 heterocycles. The summed E-state index contributed by atoms with van der Waals surface area (Å²) in [6, 6.07) is 4.69. The fourth-order valence-corrected chi connectivity index (χ4v) is 3.79. The quantitative estimate of drug-likeness (QED) is 0.891. The zero-order valence-electron chi connectivity index (χ0n) is 10.6. The lowest BCUT2D eigenvalue weighted by Gasteiger charge is -2.27. The van der Waals surface area contributed by atoms with E-state index in [9.17, 15) is 9.50 Å². The van der Waals surface area contributed by atoms with E-state index in [0.717, 1.165) is 17.9 Å². The van der Waals surface area contributed by atoms with Crippen molar-refractivity contribution in [3.05, 3.63) is 29.6 Å². The van der Waals surface area contributed by atoms with E-state index in [1.807, 2.05) is 0 Å². The number of ether oxygens (including phenoxy) is 1. The summed E-state index contributed by atoms with van der Waals surface area (Å²) in [7, 11) is 1.45. The van der Waals surface area contributed by atoms with Crippen molar-refractivity contribution in [3.63, 3.8) is 0 Å². The van der Waals surface area contributed by atoms with Gasteiger partial charge in [0.2, 0.25) is 0 Å². The molecule has 0 amide bonds. The molecule has 18 heavy (non-hydrogen) atoms. The smallest absolute Gasteiger partial charge is 0.165 e. The molecule has 1 aromatic carbocycles. The molecule has 1 aromatic rings. The summed E-state index contributed by atoms with van der Waals surface area (Å²) in [5, 5.41) is 10.5. The number of aliphatic hydroxyl groups is 1. The molecule has 2 aliphatic carbocycles. The zero-order chi connectivity index (χ0) is 12.7. The van der Waals surface area contributed by atoms with Gasteiger partial charge in [0.25, 0.3) is 0 Å². The predicted molar refractivity (Wildman–Crippen MR) is 66.8 cm³/mol. The zero-order valence-corrected chi connectivity index (χ0v) is 10.6. The van der Waals surface area contributed by atoms with Gasteiger partial charge in [-0.15, -0.1) is 0 Å². The second-order valence-electron chi connectivity index (χ2n) is 5.68. The predicted octanol–water partition coefficient (Wildman–Crippen LogP) is 3.30. The lowest BCUT2D eigenvalue weighted by atomic mass is 9.82. The molecular weight excluding hydrogens is 231 g/mol. The second-order valence-corrected chi connectivity index (χ2v) is 5.68. The maximum Gasteiger partial charge on any atom is 0.165 e. The molecule has 3 heteroatoms. The van der Waals surface area contributed by atoms with Crippen LogP contribution >= 0.6 is 0 Å². The highest BCUT2D eigenvalue weighted by Crippen LogP contribution is 2.52. The van der Waals surface area contributed by atoms with Gasteiger partial charge in [-0.3, -0.25) is 0 Å². The second kappa shape index (κ2) is 4.54. The Labute approximate surface area is 107 Å². The summed E-state index contributed by atoms with van der Waals surface area (Å²) in [5.74, 6) is 1.65. The van der Waals surface area contributed by atoms with Gasteiger partial charge in [0.15, 0.2) is 11.6 Å². The first-order valence-corrected chi connectivity index (χ1v) is 6.70. The molecule has 98 valence electrons. The van der Waals surface area contributed by atoms with E-state index in [0.29, 0.717) is 11.8 Å². The van der Waals surface area contributed by atoms with Gasteiger partial charge in [0.1, 0.15) is 0 Å². The largest absolute Gasteiger partial charge is 0.494 e. The summed E-state index contributed by atoms with van der Waals surface area (Å²) in [4.78, 5) is 0. The molecule has 4 atom stereocenters. The molecule has 2 fully saturated rings. The highest BCUT2D eigenvalue weighted by atomic mass is 19.1. The van der Waals surface area contributed by atoms with Crippen LogP contribution in [0.25, 0.3) is 0 Å². The average Bonchev–Trinajstić information content (AvgIpc) is 3.00. The van der Waals surface area contributed by atoms with Crippen molar-refractivity contribution in [3.8, 4) is 5.75 Å². The third-order valence-electron chi connectivity index (χ3n) is 4.72. The molecular formula is C15H19FO2. The molecule has 2 saturated carbocycles. The molecule has 1 N–H and O–H groups in total. The molecule has 0 aliphatic heterocycles. The van der Waals surface area contributed by atoms with Crippen LogP contribution in [0.4, 0.5) is 4.39 Å². The van der Waals surface area contributed by atoms with Crippen molar-refractivity contribution in [2.45, 2.75) is 31.8 Å². The van der Waals surface area contributed by atoms with E-state index in [2.05, 4.69) is 0 Å². The lowest BCUT2D eigenvalue weighted by molar-refractivity contribution is 0.0742. The van der Waals surface area contributed by atoms with E-state index < -0.39 is 6.10 Å². The Kier molecular flexibility index (Phi) is 3.02. The van der Waals surface area contributed by atoms with E-state index >= 15 is 0 Å². The van der Waals surface area contributed by atoms with Gasteiger partial charge in [-0.1, -0.05) is 12.5 Å². The van der Waals surface area contributed by atoms with Crippen LogP contribution in [0.3, 0.4) is 0 Å². The van der Waals surface area contributed by atoms with E-state index in [1.165, 1.54) is 32.4 Å². The summed E-state index contributed by atoms with van der Waals surface area (Å²) < 4.78 is 18.3. The van der Waals surface area contributed by atoms with Crippen LogP contribution in [-0.2, 0) is 0 Å². The van der Waals surface area contributed by atoms with Gasteiger partial charge in [0, 0.05) is 0 Å². The van der Waals surface area contributed by atoms with E-state index in [4.69, 9.17) is 4.74 Å². The maximum absolute atomic E-state index is 13.4. The molecule has 0 spiro atoms. The van der Waals surface area contributed by atoms with Gasteiger partial charge in [-0.05, 0) is 54.7 Å². The van der Waals surface area contributed by atoms with Crippen molar-refractivity contribution in [2.24, 2.45) is 17.8 Å². The Bertz CT molecular complexity index is 446. The Morgan fingerprint density at radius 1 is 1.33 bits per heavy atom. The monoisotopic (exact) mass is 250 g/mol. The van der Waals surface area contributed by atoms with Gasteiger partial charge in [-0.2, -0.15) is 0 Å². The molecule has 0 aromatic heterocycles. The minimum absolute atomic E-state index is 0.217. The van der Waals surface area contributed by atoms with Gasteiger partial charge >= 0.3 is 0 Å². The van der Waals surface area contributed by atoms with Crippen LogP contribution in [0.1, 0.15) is 37.4 Å². The molecule has 0 radical (unpaired) electrons. The third kappa shape index (κ3) is 1.91. The first kappa shape index (κ1) is 12.0. The molecule has 2 aliphatic rings. The minimum atomic E-state index is -0.477. The molecule has 0 saturated heterocycles. The summed E-state index contributed by atoms with van der Waals surface area (Å²) in [5.41, 5.74) is 0.783. The van der Waals surface area contributed by atoms with Crippen molar-refractivity contribution in [1.29, 1.82) is 0 Å². The molecule has 2 nitrogen and oxygen atoms in total. The lowest BCUT2D eigenvalue weighted by Crippen LogP contribution is -2.19. The summed E-state index contributed by atoms with van der Waals surface area (Å²) in [6.45, 7) is 0. The van der Waals surface area contributed by atoms with E-state index in [-0.39, 0.29) is 11.6 Å². The number of aliphatic hydroxyl groups excluding tert-OH is 1. The molecule has 3 rings (SSSR count). The van der Waals surface area contributed by atoms with Crippen LogP contribution in [-0.4, -0.2) is 12.2 Å². The first-order valence-electron chi connectivity index (χ1n) is 6.70. The van der Waals surface area contributed by atoms with Gasteiger partial charge in [-0.25, -0.2) is 4.39 Å². The number of rotatable bonds is 3. The van der Waals surface area contributed by atoms with Crippen LogP contribution in [0.5, 0.6) is 5.75 Å². The average molecular weight is 250 g/mol. The Hall–Kier alpha value is -1.09. The van der Waals surface area contributed by atoms with Crippen molar-refractivity contribution >= 4 is 0 Å².